The van der Waals surface area contributed by atoms with Crippen LogP contribution < -0.4 is 5.32 Å². The van der Waals surface area contributed by atoms with Gasteiger partial charge in [-0.05, 0) is 19.2 Å². The minimum atomic E-state index is 0.435. The summed E-state index contributed by atoms with van der Waals surface area (Å²) in [5.74, 6) is 0. The van der Waals surface area contributed by atoms with Gasteiger partial charge in [0.1, 0.15) is 6.54 Å². The maximum atomic E-state index is 8.44. The Morgan fingerprint density at radius 1 is 1.73 bits per heavy atom. The number of hydrogen-bond acceptors (Lipinski definition) is 2. The molecule has 3 nitrogen and oxygen atoms in total. The van der Waals surface area contributed by atoms with Gasteiger partial charge in [0, 0.05) is 18.4 Å². The maximum Gasteiger partial charge on any atom is 0.109 e. The summed E-state index contributed by atoms with van der Waals surface area (Å²) >= 11 is 0. The van der Waals surface area contributed by atoms with Crippen LogP contribution in [-0.4, -0.2) is 11.6 Å². The first-order valence-electron chi connectivity index (χ1n) is 3.54. The maximum absolute atomic E-state index is 8.44. The smallest absolute Gasteiger partial charge is 0.109 e. The summed E-state index contributed by atoms with van der Waals surface area (Å²) in [5.41, 5.74) is 1.15. The predicted molar refractivity (Wildman–Crippen MR) is 42.8 cm³/mol. The van der Waals surface area contributed by atoms with Crippen LogP contribution in [0.1, 0.15) is 5.69 Å². The highest BCUT2D eigenvalue weighted by Crippen LogP contribution is 2.00. The summed E-state index contributed by atoms with van der Waals surface area (Å²) in [6, 6.07) is 6.06. The molecule has 0 saturated carbocycles. The van der Waals surface area contributed by atoms with Crippen LogP contribution in [0, 0.1) is 11.3 Å². The monoisotopic (exact) mass is 149 g/mol. The van der Waals surface area contributed by atoms with Crippen LogP contribution in [0.5, 0.6) is 0 Å². The lowest BCUT2D eigenvalue weighted by molar-refractivity contribution is 0.707. The predicted octanol–water partition coefficient (Wildman–Crippen LogP) is 0.731. The van der Waals surface area contributed by atoms with Crippen molar-refractivity contribution >= 4 is 0 Å². The van der Waals surface area contributed by atoms with Crippen molar-refractivity contribution in [2.45, 2.75) is 13.1 Å². The van der Waals surface area contributed by atoms with Gasteiger partial charge in [-0.1, -0.05) is 0 Å². The molecule has 1 rings (SSSR count). The summed E-state index contributed by atoms with van der Waals surface area (Å²) in [5, 5.41) is 11.5. The van der Waals surface area contributed by atoms with Crippen LogP contribution in [0.4, 0.5) is 0 Å². The average Bonchev–Trinajstić information content (AvgIpc) is 2.39. The molecule has 0 aliphatic heterocycles. The molecule has 0 aliphatic carbocycles. The Morgan fingerprint density at radius 2 is 2.55 bits per heavy atom. The molecule has 58 valence electrons. The SMILES string of the molecule is CNCc1cccn1CC#N. The van der Waals surface area contributed by atoms with Gasteiger partial charge in [-0.15, -0.1) is 0 Å². The van der Waals surface area contributed by atoms with E-state index in [1.807, 2.05) is 29.9 Å². The quantitative estimate of drug-likeness (QED) is 0.688. The van der Waals surface area contributed by atoms with Crippen molar-refractivity contribution < 1.29 is 0 Å². The molecule has 1 aromatic heterocycles. The fourth-order valence-corrected chi connectivity index (χ4v) is 1.02. The van der Waals surface area contributed by atoms with Gasteiger partial charge in [0.2, 0.25) is 0 Å². The van der Waals surface area contributed by atoms with E-state index in [1.165, 1.54) is 0 Å². The molecule has 1 heterocycles. The average molecular weight is 149 g/mol. The third-order valence-corrected chi connectivity index (χ3v) is 1.52. The molecule has 11 heavy (non-hydrogen) atoms. The lowest BCUT2D eigenvalue weighted by atomic mass is 10.4. The molecule has 0 saturated heterocycles. The molecule has 0 aliphatic rings. The first-order chi connectivity index (χ1) is 5.38. The summed E-state index contributed by atoms with van der Waals surface area (Å²) in [6.45, 7) is 1.25. The first-order valence-corrected chi connectivity index (χ1v) is 3.54. The molecular weight excluding hydrogens is 138 g/mol. The second-order valence-electron chi connectivity index (χ2n) is 2.32. The van der Waals surface area contributed by atoms with Gasteiger partial charge >= 0.3 is 0 Å². The fraction of sp³-hybridized carbons (Fsp3) is 0.375. The van der Waals surface area contributed by atoms with Crippen LogP contribution in [0.3, 0.4) is 0 Å². The van der Waals surface area contributed by atoms with Crippen molar-refractivity contribution in [3.05, 3.63) is 24.0 Å². The highest BCUT2D eigenvalue weighted by molar-refractivity contribution is 5.07. The second kappa shape index (κ2) is 3.79. The zero-order valence-electron chi connectivity index (χ0n) is 6.54. The van der Waals surface area contributed by atoms with E-state index in [-0.39, 0.29) is 0 Å². The molecule has 0 aromatic carbocycles. The summed E-state index contributed by atoms with van der Waals surface area (Å²) < 4.78 is 1.93. The van der Waals surface area contributed by atoms with Crippen molar-refractivity contribution in [2.24, 2.45) is 0 Å². The molecule has 0 fully saturated rings. The Kier molecular flexibility index (Phi) is 2.70. The minimum absolute atomic E-state index is 0.435. The van der Waals surface area contributed by atoms with E-state index in [0.717, 1.165) is 12.2 Å². The van der Waals surface area contributed by atoms with E-state index in [4.69, 9.17) is 5.26 Å². The number of rotatable bonds is 3. The minimum Gasteiger partial charge on any atom is -0.337 e. The third kappa shape index (κ3) is 1.82. The van der Waals surface area contributed by atoms with Crippen LogP contribution in [0.25, 0.3) is 0 Å². The van der Waals surface area contributed by atoms with E-state index < -0.39 is 0 Å². The summed E-state index contributed by atoms with van der Waals surface area (Å²) in [6.07, 6.45) is 1.91. The van der Waals surface area contributed by atoms with E-state index >= 15 is 0 Å². The van der Waals surface area contributed by atoms with Gasteiger partial charge in [-0.25, -0.2) is 0 Å². The molecule has 0 spiro atoms. The standard InChI is InChI=1S/C8H11N3/c1-10-7-8-3-2-5-11(8)6-4-9/h2-3,5,10H,6-7H2,1H3. The Hall–Kier alpha value is -1.27. The topological polar surface area (TPSA) is 40.8 Å². The van der Waals surface area contributed by atoms with Gasteiger partial charge in [0.25, 0.3) is 0 Å². The Bertz CT molecular complexity index is 257. The molecule has 0 amide bonds. The van der Waals surface area contributed by atoms with Gasteiger partial charge in [0.05, 0.1) is 6.07 Å². The molecule has 0 bridgehead atoms. The van der Waals surface area contributed by atoms with Gasteiger partial charge < -0.3 is 9.88 Å². The largest absolute Gasteiger partial charge is 0.337 e. The Morgan fingerprint density at radius 3 is 3.18 bits per heavy atom. The zero-order valence-corrected chi connectivity index (χ0v) is 6.54. The second-order valence-corrected chi connectivity index (χ2v) is 2.32. The molecule has 0 radical (unpaired) electrons. The first kappa shape index (κ1) is 7.83. The summed E-state index contributed by atoms with van der Waals surface area (Å²) in [7, 11) is 1.89. The van der Waals surface area contributed by atoms with Crippen molar-refractivity contribution in [3.63, 3.8) is 0 Å². The van der Waals surface area contributed by atoms with Crippen molar-refractivity contribution in [1.82, 2.24) is 9.88 Å². The molecular formula is C8H11N3. The van der Waals surface area contributed by atoms with Crippen LogP contribution >= 0.6 is 0 Å². The van der Waals surface area contributed by atoms with Crippen LogP contribution in [0.2, 0.25) is 0 Å². The Balaban J connectivity index is 2.71. The van der Waals surface area contributed by atoms with Crippen LogP contribution in [0.15, 0.2) is 18.3 Å². The van der Waals surface area contributed by atoms with E-state index in [0.29, 0.717) is 6.54 Å². The number of hydrogen-bond donors (Lipinski definition) is 1. The highest BCUT2D eigenvalue weighted by atomic mass is 15.0. The summed E-state index contributed by atoms with van der Waals surface area (Å²) in [4.78, 5) is 0. The number of nitrogens with one attached hydrogen (secondary N) is 1. The molecule has 1 aromatic rings. The molecule has 0 unspecified atom stereocenters. The zero-order chi connectivity index (χ0) is 8.10. The molecule has 0 atom stereocenters. The number of nitriles is 1. The van der Waals surface area contributed by atoms with Crippen molar-refractivity contribution in [1.29, 1.82) is 5.26 Å². The molecule has 3 heteroatoms. The number of aromatic nitrogens is 1. The molecule has 1 N–H and O–H groups in total. The van der Waals surface area contributed by atoms with E-state index in [2.05, 4.69) is 11.4 Å². The number of nitrogens with zero attached hydrogens (tertiary/aromatic N) is 2. The van der Waals surface area contributed by atoms with E-state index in [1.54, 1.807) is 0 Å². The van der Waals surface area contributed by atoms with Crippen molar-refractivity contribution in [3.8, 4) is 6.07 Å². The lowest BCUT2D eigenvalue weighted by Crippen LogP contribution is -2.10. The normalized spacial score (nSPS) is 9.45. The van der Waals surface area contributed by atoms with Crippen LogP contribution in [-0.2, 0) is 13.1 Å². The lowest BCUT2D eigenvalue weighted by Gasteiger charge is -2.02. The van der Waals surface area contributed by atoms with Gasteiger partial charge in [0.15, 0.2) is 0 Å². The van der Waals surface area contributed by atoms with Gasteiger partial charge in [-0.2, -0.15) is 5.26 Å². The van der Waals surface area contributed by atoms with Crippen molar-refractivity contribution in [2.75, 3.05) is 7.05 Å². The third-order valence-electron chi connectivity index (χ3n) is 1.52. The fourth-order valence-electron chi connectivity index (χ4n) is 1.02. The highest BCUT2D eigenvalue weighted by Gasteiger charge is 1.96. The van der Waals surface area contributed by atoms with Gasteiger partial charge in [-0.3, -0.25) is 0 Å². The van der Waals surface area contributed by atoms with E-state index in [9.17, 15) is 0 Å². The Labute approximate surface area is 66.3 Å².